The van der Waals surface area contributed by atoms with Crippen LogP contribution >= 0.6 is 11.3 Å². The van der Waals surface area contributed by atoms with Gasteiger partial charge < -0.3 is 4.42 Å². The summed E-state index contributed by atoms with van der Waals surface area (Å²) in [6.45, 7) is 1.99. The molecule has 23 heavy (non-hydrogen) atoms. The van der Waals surface area contributed by atoms with E-state index >= 15 is 0 Å². The molecule has 2 heterocycles. The van der Waals surface area contributed by atoms with Crippen molar-refractivity contribution in [3.05, 3.63) is 72.6 Å². The lowest BCUT2D eigenvalue weighted by Crippen LogP contribution is -1.77. The topological polar surface area (TPSA) is 38.9 Å². The third-order valence-electron chi connectivity index (χ3n) is 3.58. The lowest BCUT2D eigenvalue weighted by atomic mass is 10.2. The first-order chi connectivity index (χ1) is 11.3. The van der Waals surface area contributed by atoms with Crippen LogP contribution in [0, 0.1) is 6.92 Å². The van der Waals surface area contributed by atoms with Crippen molar-refractivity contribution in [1.29, 1.82) is 0 Å². The van der Waals surface area contributed by atoms with E-state index in [0.29, 0.717) is 5.89 Å². The van der Waals surface area contributed by atoms with Gasteiger partial charge in [0, 0.05) is 11.1 Å². The summed E-state index contributed by atoms with van der Waals surface area (Å²) < 4.78 is 5.95. The molecule has 2 aromatic heterocycles. The molecule has 4 rings (SSSR count). The fraction of sp³-hybridized carbons (Fsp3) is 0.0526. The number of rotatable bonds is 3. The Balaban J connectivity index is 1.72. The summed E-state index contributed by atoms with van der Waals surface area (Å²) in [5.41, 5.74) is 3.08. The Labute approximate surface area is 138 Å². The van der Waals surface area contributed by atoms with Crippen LogP contribution < -0.4 is 0 Å². The molecule has 2 aromatic carbocycles. The van der Waals surface area contributed by atoms with Crippen LogP contribution in [-0.4, -0.2) is 9.97 Å². The smallest absolute Gasteiger partial charge is 0.238 e. The molecule has 0 aliphatic rings. The molecule has 0 aliphatic carbocycles. The second-order valence-corrected chi connectivity index (χ2v) is 6.19. The van der Waals surface area contributed by atoms with Gasteiger partial charge in [-0.2, -0.15) is 0 Å². The average Bonchev–Trinajstić information content (AvgIpc) is 3.23. The Morgan fingerprint density at radius 2 is 1.52 bits per heavy atom. The minimum atomic E-state index is 0.626. The van der Waals surface area contributed by atoms with Crippen LogP contribution in [0.1, 0.15) is 5.69 Å². The summed E-state index contributed by atoms with van der Waals surface area (Å²) in [6, 6.07) is 20.2. The zero-order valence-corrected chi connectivity index (χ0v) is 13.4. The highest BCUT2D eigenvalue weighted by Crippen LogP contribution is 2.36. The molecule has 0 bridgehead atoms. The Morgan fingerprint density at radius 3 is 2.22 bits per heavy atom. The predicted molar refractivity (Wildman–Crippen MR) is 93.2 cm³/mol. The summed E-state index contributed by atoms with van der Waals surface area (Å²) in [7, 11) is 0. The van der Waals surface area contributed by atoms with Gasteiger partial charge in [0.25, 0.3) is 0 Å². The maximum absolute atomic E-state index is 5.95. The second kappa shape index (κ2) is 5.82. The number of aromatic nitrogens is 2. The summed E-state index contributed by atoms with van der Waals surface area (Å²) >= 11 is 1.61. The van der Waals surface area contributed by atoms with Crippen LogP contribution in [0.4, 0.5) is 0 Å². The number of benzene rings is 2. The lowest BCUT2D eigenvalue weighted by molar-refractivity contribution is 0.590. The molecule has 3 nitrogen and oxygen atoms in total. The van der Waals surface area contributed by atoms with E-state index < -0.39 is 0 Å². The fourth-order valence-electron chi connectivity index (χ4n) is 2.41. The van der Waals surface area contributed by atoms with Crippen LogP contribution in [0.5, 0.6) is 0 Å². The van der Waals surface area contributed by atoms with E-state index in [4.69, 9.17) is 4.42 Å². The van der Waals surface area contributed by atoms with Crippen molar-refractivity contribution in [2.75, 3.05) is 0 Å². The normalized spacial score (nSPS) is 10.8. The Hall–Kier alpha value is -2.72. The molecule has 0 fully saturated rings. The van der Waals surface area contributed by atoms with Crippen LogP contribution in [0.2, 0.25) is 0 Å². The first-order valence-electron chi connectivity index (χ1n) is 7.36. The summed E-state index contributed by atoms with van der Waals surface area (Å²) in [4.78, 5) is 10.1. The van der Waals surface area contributed by atoms with Gasteiger partial charge in [0.2, 0.25) is 5.89 Å². The van der Waals surface area contributed by atoms with Crippen molar-refractivity contribution in [3.8, 4) is 32.7 Å². The number of thiazole rings is 1. The van der Waals surface area contributed by atoms with Gasteiger partial charge in [0.1, 0.15) is 9.88 Å². The number of nitrogens with zero attached hydrogens (tertiary/aromatic N) is 2. The zero-order chi connectivity index (χ0) is 15.6. The van der Waals surface area contributed by atoms with Crippen molar-refractivity contribution in [2.45, 2.75) is 6.92 Å². The van der Waals surface area contributed by atoms with E-state index in [1.54, 1.807) is 17.5 Å². The largest absolute Gasteiger partial charge is 0.435 e. The van der Waals surface area contributed by atoms with E-state index in [0.717, 1.165) is 32.5 Å². The highest BCUT2D eigenvalue weighted by atomic mass is 32.1. The van der Waals surface area contributed by atoms with E-state index in [9.17, 15) is 0 Å². The van der Waals surface area contributed by atoms with Gasteiger partial charge in [-0.05, 0) is 6.92 Å². The third-order valence-corrected chi connectivity index (χ3v) is 4.77. The van der Waals surface area contributed by atoms with E-state index in [1.807, 2.05) is 55.5 Å². The highest BCUT2D eigenvalue weighted by Gasteiger charge is 2.16. The van der Waals surface area contributed by atoms with Crippen molar-refractivity contribution in [2.24, 2.45) is 0 Å². The number of aryl methyl sites for hydroxylation is 1. The third kappa shape index (κ3) is 2.69. The van der Waals surface area contributed by atoms with Gasteiger partial charge in [-0.1, -0.05) is 60.7 Å². The fourth-order valence-corrected chi connectivity index (χ4v) is 3.42. The zero-order valence-electron chi connectivity index (χ0n) is 12.6. The molecule has 0 amide bonds. The lowest BCUT2D eigenvalue weighted by Gasteiger charge is -1.94. The summed E-state index contributed by atoms with van der Waals surface area (Å²) in [6.07, 6.45) is 1.77. The standard InChI is InChI=1S/C19H14N2OS/c1-13-17(23-19(21-13)15-10-6-3-7-11-15)18-20-12-16(22-18)14-8-4-2-5-9-14/h2-12H,1H3. The predicted octanol–water partition coefficient (Wildman–Crippen LogP) is 5.44. The number of oxazole rings is 1. The van der Waals surface area contributed by atoms with Gasteiger partial charge in [0.15, 0.2) is 5.76 Å². The molecule has 0 radical (unpaired) electrons. The molecule has 0 atom stereocenters. The molecule has 4 aromatic rings. The van der Waals surface area contributed by atoms with Gasteiger partial charge in [-0.25, -0.2) is 9.97 Å². The molecule has 4 heteroatoms. The SMILES string of the molecule is Cc1nc(-c2ccccc2)sc1-c1ncc(-c2ccccc2)o1. The molecule has 0 saturated carbocycles. The van der Waals surface area contributed by atoms with Crippen molar-refractivity contribution < 1.29 is 4.42 Å². The molecule has 0 aliphatic heterocycles. The van der Waals surface area contributed by atoms with Crippen molar-refractivity contribution >= 4 is 11.3 Å². The van der Waals surface area contributed by atoms with E-state index in [1.165, 1.54) is 0 Å². The summed E-state index contributed by atoms with van der Waals surface area (Å²) in [5.74, 6) is 1.40. The van der Waals surface area contributed by atoms with Gasteiger partial charge >= 0.3 is 0 Å². The van der Waals surface area contributed by atoms with Gasteiger partial charge in [-0.15, -0.1) is 11.3 Å². The first kappa shape index (κ1) is 13.9. The minimum absolute atomic E-state index is 0.626. The van der Waals surface area contributed by atoms with Gasteiger partial charge in [0.05, 0.1) is 11.9 Å². The van der Waals surface area contributed by atoms with Crippen LogP contribution in [-0.2, 0) is 0 Å². The van der Waals surface area contributed by atoms with Crippen molar-refractivity contribution in [3.63, 3.8) is 0 Å². The second-order valence-electron chi connectivity index (χ2n) is 5.20. The maximum atomic E-state index is 5.95. The Morgan fingerprint density at radius 1 is 0.870 bits per heavy atom. The Bertz CT molecular complexity index is 926. The molecule has 112 valence electrons. The van der Waals surface area contributed by atoms with Crippen LogP contribution in [0.15, 0.2) is 71.3 Å². The molecule has 0 spiro atoms. The molecular formula is C19H14N2OS. The molecule has 0 N–H and O–H groups in total. The Kier molecular flexibility index (Phi) is 3.52. The quantitative estimate of drug-likeness (QED) is 0.505. The van der Waals surface area contributed by atoms with Crippen molar-refractivity contribution in [1.82, 2.24) is 9.97 Å². The number of hydrogen-bond acceptors (Lipinski definition) is 4. The highest BCUT2D eigenvalue weighted by molar-refractivity contribution is 7.18. The molecule has 0 saturated heterocycles. The average molecular weight is 318 g/mol. The van der Waals surface area contributed by atoms with Crippen LogP contribution in [0.3, 0.4) is 0 Å². The first-order valence-corrected chi connectivity index (χ1v) is 8.17. The van der Waals surface area contributed by atoms with E-state index in [-0.39, 0.29) is 0 Å². The molecular weight excluding hydrogens is 304 g/mol. The minimum Gasteiger partial charge on any atom is -0.435 e. The monoisotopic (exact) mass is 318 g/mol. The summed E-state index contributed by atoms with van der Waals surface area (Å²) in [5, 5.41) is 0.984. The molecule has 0 unspecified atom stereocenters. The van der Waals surface area contributed by atoms with Gasteiger partial charge in [-0.3, -0.25) is 0 Å². The van der Waals surface area contributed by atoms with E-state index in [2.05, 4.69) is 22.1 Å². The van der Waals surface area contributed by atoms with Crippen LogP contribution in [0.25, 0.3) is 32.7 Å². The maximum Gasteiger partial charge on any atom is 0.238 e. The number of hydrogen-bond donors (Lipinski definition) is 0.